The molecule has 2 aliphatic rings. The summed E-state index contributed by atoms with van der Waals surface area (Å²) in [7, 11) is 0. The minimum Gasteiger partial charge on any atom is -0.355 e. The fourth-order valence-corrected chi connectivity index (χ4v) is 4.33. The normalized spacial score (nSPS) is 21.4. The van der Waals surface area contributed by atoms with Gasteiger partial charge in [0.1, 0.15) is 0 Å². The van der Waals surface area contributed by atoms with Gasteiger partial charge in [0.05, 0.1) is 4.75 Å². The van der Waals surface area contributed by atoms with Crippen LogP contribution in [0.2, 0.25) is 0 Å². The molecule has 3 nitrogen and oxygen atoms in total. The van der Waals surface area contributed by atoms with Crippen molar-refractivity contribution < 1.29 is 4.79 Å². The third-order valence-corrected chi connectivity index (χ3v) is 5.79. The second-order valence-corrected chi connectivity index (χ2v) is 7.31. The van der Waals surface area contributed by atoms with Gasteiger partial charge in [0.15, 0.2) is 0 Å². The highest BCUT2D eigenvalue weighted by atomic mass is 32.2. The third-order valence-electron chi connectivity index (χ3n) is 4.30. The molecule has 20 heavy (non-hydrogen) atoms. The van der Waals surface area contributed by atoms with Crippen LogP contribution in [0, 0.1) is 5.92 Å². The van der Waals surface area contributed by atoms with Gasteiger partial charge in [-0.15, -0.1) is 11.8 Å². The van der Waals surface area contributed by atoms with E-state index in [0.717, 1.165) is 45.3 Å². The average Bonchev–Trinajstić information content (AvgIpc) is 2.88. The molecule has 2 N–H and O–H groups in total. The Labute approximate surface area is 124 Å². The molecule has 1 aliphatic carbocycles. The van der Waals surface area contributed by atoms with Gasteiger partial charge in [0.2, 0.25) is 5.91 Å². The molecule has 0 radical (unpaired) electrons. The van der Waals surface area contributed by atoms with Crippen LogP contribution in [0.1, 0.15) is 25.7 Å². The standard InChI is InChI=1S/C16H22N2OS/c19-15(18-12-13-10-17-11-13)16(8-4-5-9-16)20-14-6-2-1-3-7-14/h1-3,6-7,13,17H,4-5,8-12H2,(H,18,19). The second-order valence-electron chi connectivity index (χ2n) is 5.85. The van der Waals surface area contributed by atoms with Crippen molar-refractivity contribution in [2.45, 2.75) is 35.3 Å². The average molecular weight is 290 g/mol. The molecule has 0 aromatic heterocycles. The van der Waals surface area contributed by atoms with Gasteiger partial charge in [-0.3, -0.25) is 4.79 Å². The number of hydrogen-bond acceptors (Lipinski definition) is 3. The predicted molar refractivity (Wildman–Crippen MR) is 82.9 cm³/mol. The summed E-state index contributed by atoms with van der Waals surface area (Å²) in [5.41, 5.74) is 0. The van der Waals surface area contributed by atoms with Gasteiger partial charge in [0.25, 0.3) is 0 Å². The van der Waals surface area contributed by atoms with Crippen LogP contribution in [0.5, 0.6) is 0 Å². The zero-order valence-corrected chi connectivity index (χ0v) is 12.5. The lowest BCUT2D eigenvalue weighted by molar-refractivity contribution is -0.123. The molecule has 1 aliphatic heterocycles. The minimum absolute atomic E-state index is 0.238. The molecule has 1 amide bonds. The summed E-state index contributed by atoms with van der Waals surface area (Å²) in [6, 6.07) is 10.3. The molecular weight excluding hydrogens is 268 g/mol. The van der Waals surface area contributed by atoms with E-state index < -0.39 is 0 Å². The van der Waals surface area contributed by atoms with Crippen LogP contribution in [-0.4, -0.2) is 30.3 Å². The van der Waals surface area contributed by atoms with E-state index in [2.05, 4.69) is 22.8 Å². The van der Waals surface area contributed by atoms with Crippen molar-refractivity contribution in [1.29, 1.82) is 0 Å². The van der Waals surface area contributed by atoms with Gasteiger partial charge in [-0.1, -0.05) is 31.0 Å². The first-order chi connectivity index (χ1) is 9.78. The van der Waals surface area contributed by atoms with Gasteiger partial charge in [-0.25, -0.2) is 0 Å². The number of carbonyl (C=O) groups is 1. The highest BCUT2D eigenvalue weighted by molar-refractivity contribution is 8.01. The van der Waals surface area contributed by atoms with Crippen molar-refractivity contribution in [3.8, 4) is 0 Å². The van der Waals surface area contributed by atoms with E-state index in [0.29, 0.717) is 5.92 Å². The first-order valence-electron chi connectivity index (χ1n) is 7.52. The Bertz CT molecular complexity index is 453. The van der Waals surface area contributed by atoms with Crippen LogP contribution < -0.4 is 10.6 Å². The maximum absolute atomic E-state index is 12.7. The topological polar surface area (TPSA) is 41.1 Å². The summed E-state index contributed by atoms with van der Waals surface area (Å²) in [6.45, 7) is 2.90. The van der Waals surface area contributed by atoms with Crippen molar-refractivity contribution in [3.05, 3.63) is 30.3 Å². The van der Waals surface area contributed by atoms with Crippen LogP contribution in [-0.2, 0) is 4.79 Å². The zero-order valence-electron chi connectivity index (χ0n) is 11.7. The Balaban J connectivity index is 1.65. The van der Waals surface area contributed by atoms with E-state index in [4.69, 9.17) is 0 Å². The third kappa shape index (κ3) is 3.01. The summed E-state index contributed by atoms with van der Waals surface area (Å²) in [6.07, 6.45) is 4.33. The van der Waals surface area contributed by atoms with Crippen molar-refractivity contribution in [1.82, 2.24) is 10.6 Å². The number of thioether (sulfide) groups is 1. The minimum atomic E-state index is -0.238. The van der Waals surface area contributed by atoms with E-state index in [1.807, 2.05) is 18.2 Å². The van der Waals surface area contributed by atoms with E-state index in [-0.39, 0.29) is 10.7 Å². The summed E-state index contributed by atoms with van der Waals surface area (Å²) < 4.78 is -0.238. The van der Waals surface area contributed by atoms with Crippen molar-refractivity contribution in [3.63, 3.8) is 0 Å². The predicted octanol–water partition coefficient (Wildman–Crippen LogP) is 2.43. The van der Waals surface area contributed by atoms with Crippen LogP contribution >= 0.6 is 11.8 Å². The molecule has 108 valence electrons. The molecule has 0 bridgehead atoms. The molecule has 4 heteroatoms. The van der Waals surface area contributed by atoms with Gasteiger partial charge in [-0.05, 0) is 25.0 Å². The fourth-order valence-electron chi connectivity index (χ4n) is 2.93. The monoisotopic (exact) mass is 290 g/mol. The number of amides is 1. The van der Waals surface area contributed by atoms with Gasteiger partial charge in [-0.2, -0.15) is 0 Å². The highest BCUT2D eigenvalue weighted by Gasteiger charge is 2.42. The molecule has 3 rings (SSSR count). The number of nitrogens with one attached hydrogen (secondary N) is 2. The highest BCUT2D eigenvalue weighted by Crippen LogP contribution is 2.45. The Kier molecular flexibility index (Phi) is 4.32. The quantitative estimate of drug-likeness (QED) is 0.875. The molecule has 0 atom stereocenters. The first kappa shape index (κ1) is 14.0. The Morgan fingerprint density at radius 1 is 1.25 bits per heavy atom. The number of rotatable bonds is 5. The zero-order chi connectivity index (χ0) is 13.8. The molecule has 2 fully saturated rings. The van der Waals surface area contributed by atoms with Crippen molar-refractivity contribution in [2.75, 3.05) is 19.6 Å². The van der Waals surface area contributed by atoms with Gasteiger partial charge >= 0.3 is 0 Å². The molecule has 1 saturated carbocycles. The van der Waals surface area contributed by atoms with E-state index in [1.165, 1.54) is 4.90 Å². The lowest BCUT2D eigenvalue weighted by Crippen LogP contribution is -2.51. The maximum Gasteiger partial charge on any atom is 0.236 e. The van der Waals surface area contributed by atoms with Crippen LogP contribution in [0.4, 0.5) is 0 Å². The SMILES string of the molecule is O=C(NCC1CNC1)C1(Sc2ccccc2)CCCC1. The summed E-state index contributed by atoms with van der Waals surface area (Å²) >= 11 is 1.76. The van der Waals surface area contributed by atoms with Gasteiger partial charge < -0.3 is 10.6 Å². The smallest absolute Gasteiger partial charge is 0.236 e. The molecular formula is C16H22N2OS. The van der Waals surface area contributed by atoms with Gasteiger partial charge in [0, 0.05) is 30.4 Å². The summed E-state index contributed by atoms with van der Waals surface area (Å²) in [5, 5.41) is 6.44. The molecule has 1 heterocycles. The summed E-state index contributed by atoms with van der Waals surface area (Å²) in [4.78, 5) is 13.9. The molecule has 1 saturated heterocycles. The van der Waals surface area contributed by atoms with E-state index in [1.54, 1.807) is 11.8 Å². The van der Waals surface area contributed by atoms with E-state index in [9.17, 15) is 4.79 Å². The first-order valence-corrected chi connectivity index (χ1v) is 8.33. The fraction of sp³-hybridized carbons (Fsp3) is 0.562. The van der Waals surface area contributed by atoms with Crippen molar-refractivity contribution in [2.24, 2.45) is 5.92 Å². The van der Waals surface area contributed by atoms with E-state index >= 15 is 0 Å². The lowest BCUT2D eigenvalue weighted by atomic mass is 10.0. The Morgan fingerprint density at radius 3 is 2.55 bits per heavy atom. The molecule has 0 spiro atoms. The lowest BCUT2D eigenvalue weighted by Gasteiger charge is -2.31. The maximum atomic E-state index is 12.7. The van der Waals surface area contributed by atoms with Crippen molar-refractivity contribution >= 4 is 17.7 Å². The van der Waals surface area contributed by atoms with Crippen LogP contribution in [0.3, 0.4) is 0 Å². The Hall–Kier alpha value is -1.00. The van der Waals surface area contributed by atoms with Crippen LogP contribution in [0.15, 0.2) is 35.2 Å². The number of carbonyl (C=O) groups excluding carboxylic acids is 1. The van der Waals surface area contributed by atoms with Crippen LogP contribution in [0.25, 0.3) is 0 Å². The second kappa shape index (κ2) is 6.19. The summed E-state index contributed by atoms with van der Waals surface area (Å²) in [5.74, 6) is 0.870. The largest absolute Gasteiger partial charge is 0.355 e. The molecule has 1 aromatic carbocycles. The Morgan fingerprint density at radius 2 is 1.95 bits per heavy atom. The molecule has 1 aromatic rings. The molecule has 0 unspecified atom stereocenters. The number of benzene rings is 1. The number of hydrogen-bond donors (Lipinski definition) is 2.